The summed E-state index contributed by atoms with van der Waals surface area (Å²) in [6.07, 6.45) is 1.25. The lowest BCUT2D eigenvalue weighted by Gasteiger charge is -2.32. The van der Waals surface area contributed by atoms with Crippen molar-refractivity contribution >= 4 is 17.5 Å². The lowest BCUT2D eigenvalue weighted by molar-refractivity contribution is -0.121. The number of rotatable bonds is 5. The molecule has 0 bridgehead atoms. The maximum absolute atomic E-state index is 13.1. The first-order valence-corrected chi connectivity index (χ1v) is 9.82. The Balaban J connectivity index is 1.64. The van der Waals surface area contributed by atoms with Gasteiger partial charge in [-0.1, -0.05) is 12.1 Å². The van der Waals surface area contributed by atoms with E-state index in [1.165, 1.54) is 14.2 Å². The first-order chi connectivity index (χ1) is 13.9. The number of benzene rings is 2. The molecule has 1 heterocycles. The zero-order valence-electron chi connectivity index (χ0n) is 17.5. The first kappa shape index (κ1) is 20.7. The summed E-state index contributed by atoms with van der Waals surface area (Å²) in [5, 5.41) is 3.02. The predicted octanol–water partition coefficient (Wildman–Crippen LogP) is 3.81. The second-order valence-corrected chi connectivity index (χ2v) is 7.47. The minimum atomic E-state index is -0.132. The van der Waals surface area contributed by atoms with Gasteiger partial charge in [0.05, 0.1) is 14.2 Å². The third-order valence-electron chi connectivity index (χ3n) is 5.28. The predicted molar refractivity (Wildman–Crippen MR) is 113 cm³/mol. The average molecular weight is 396 g/mol. The van der Waals surface area contributed by atoms with Gasteiger partial charge in [-0.25, -0.2) is 0 Å². The Labute approximate surface area is 171 Å². The van der Waals surface area contributed by atoms with Gasteiger partial charge in [0.25, 0.3) is 5.91 Å². The van der Waals surface area contributed by atoms with Gasteiger partial charge in [-0.3, -0.25) is 9.59 Å². The Morgan fingerprint density at radius 1 is 0.966 bits per heavy atom. The van der Waals surface area contributed by atoms with E-state index in [4.69, 9.17) is 9.47 Å². The van der Waals surface area contributed by atoms with Gasteiger partial charge in [-0.05, 0) is 62.1 Å². The van der Waals surface area contributed by atoms with Crippen LogP contribution < -0.4 is 14.8 Å². The van der Waals surface area contributed by atoms with Crippen LogP contribution in [-0.2, 0) is 4.79 Å². The van der Waals surface area contributed by atoms with E-state index in [2.05, 4.69) is 11.4 Å². The molecule has 2 aromatic rings. The molecule has 0 unspecified atom stereocenters. The van der Waals surface area contributed by atoms with E-state index in [0.29, 0.717) is 43.0 Å². The molecule has 0 saturated carbocycles. The number of hydrogen-bond donors (Lipinski definition) is 1. The quantitative estimate of drug-likeness (QED) is 0.834. The molecule has 0 atom stereocenters. The fourth-order valence-corrected chi connectivity index (χ4v) is 3.86. The summed E-state index contributed by atoms with van der Waals surface area (Å²) < 4.78 is 10.7. The van der Waals surface area contributed by atoms with Gasteiger partial charge < -0.3 is 19.7 Å². The Morgan fingerprint density at radius 2 is 1.52 bits per heavy atom. The number of likely N-dealkylation sites (tertiary alicyclic amines) is 1. The Morgan fingerprint density at radius 3 is 2.03 bits per heavy atom. The van der Waals surface area contributed by atoms with Crippen molar-refractivity contribution in [3.05, 3.63) is 53.1 Å². The molecule has 6 heteroatoms. The van der Waals surface area contributed by atoms with Crippen LogP contribution in [0.4, 0.5) is 5.69 Å². The van der Waals surface area contributed by atoms with Gasteiger partial charge in [0.1, 0.15) is 17.1 Å². The largest absolute Gasteiger partial charge is 0.496 e. The molecule has 1 aliphatic heterocycles. The molecule has 0 aliphatic carbocycles. The summed E-state index contributed by atoms with van der Waals surface area (Å²) in [5.74, 6) is 0.747. The highest BCUT2D eigenvalue weighted by Crippen LogP contribution is 2.31. The van der Waals surface area contributed by atoms with Crippen molar-refractivity contribution in [3.8, 4) is 11.5 Å². The summed E-state index contributed by atoms with van der Waals surface area (Å²) in [6, 6.07) is 11.3. The zero-order chi connectivity index (χ0) is 21.0. The normalized spacial score (nSPS) is 14.4. The monoisotopic (exact) mass is 396 g/mol. The lowest BCUT2D eigenvalue weighted by Crippen LogP contribution is -2.41. The lowest BCUT2D eigenvalue weighted by atomic mass is 9.95. The molecule has 1 N–H and O–H groups in total. The van der Waals surface area contributed by atoms with Crippen molar-refractivity contribution in [1.29, 1.82) is 0 Å². The average Bonchev–Trinajstić information content (AvgIpc) is 2.71. The van der Waals surface area contributed by atoms with Crippen molar-refractivity contribution in [2.45, 2.75) is 26.7 Å². The smallest absolute Gasteiger partial charge is 0.261 e. The molecule has 2 aromatic carbocycles. The van der Waals surface area contributed by atoms with E-state index in [1.807, 2.05) is 26.0 Å². The molecule has 154 valence electrons. The highest BCUT2D eigenvalue weighted by atomic mass is 16.5. The number of carbonyl (C=O) groups excluding carboxylic acids is 2. The van der Waals surface area contributed by atoms with Crippen LogP contribution in [0, 0.1) is 19.8 Å². The van der Waals surface area contributed by atoms with E-state index in [-0.39, 0.29) is 17.7 Å². The number of carbonyl (C=O) groups is 2. The zero-order valence-corrected chi connectivity index (χ0v) is 17.5. The summed E-state index contributed by atoms with van der Waals surface area (Å²) in [4.78, 5) is 27.5. The molecule has 2 amide bonds. The van der Waals surface area contributed by atoms with Crippen LogP contribution in [0.1, 0.15) is 34.3 Å². The van der Waals surface area contributed by atoms with Gasteiger partial charge in [0.2, 0.25) is 5.91 Å². The van der Waals surface area contributed by atoms with E-state index in [9.17, 15) is 9.59 Å². The number of anilines is 1. The number of piperidine rings is 1. The Hall–Kier alpha value is -3.02. The van der Waals surface area contributed by atoms with Crippen LogP contribution >= 0.6 is 0 Å². The van der Waals surface area contributed by atoms with E-state index in [1.54, 1.807) is 23.1 Å². The molecular weight excluding hydrogens is 368 g/mol. The fraction of sp³-hybridized carbons (Fsp3) is 0.391. The molecular formula is C23H28N2O4. The van der Waals surface area contributed by atoms with Crippen LogP contribution in [0.15, 0.2) is 36.4 Å². The molecule has 1 saturated heterocycles. The van der Waals surface area contributed by atoms with Crippen LogP contribution in [0.3, 0.4) is 0 Å². The van der Waals surface area contributed by atoms with Crippen molar-refractivity contribution in [2.75, 3.05) is 32.6 Å². The van der Waals surface area contributed by atoms with E-state index in [0.717, 1.165) is 16.8 Å². The van der Waals surface area contributed by atoms with Crippen LogP contribution in [-0.4, -0.2) is 44.0 Å². The molecule has 1 aliphatic rings. The van der Waals surface area contributed by atoms with Gasteiger partial charge in [0.15, 0.2) is 0 Å². The molecule has 3 rings (SSSR count). The number of nitrogens with one attached hydrogen (secondary N) is 1. The molecule has 1 fully saturated rings. The Kier molecular flexibility index (Phi) is 6.42. The number of ether oxygens (including phenoxy) is 2. The highest BCUT2D eigenvalue weighted by Gasteiger charge is 2.30. The maximum atomic E-state index is 13.1. The number of aryl methyl sites for hydroxylation is 2. The number of nitrogens with zero attached hydrogens (tertiary/aromatic N) is 1. The SMILES string of the molecule is COc1cccc(OC)c1C(=O)N1CCC(C(=O)Nc2cc(C)cc(C)c2)CC1. The first-order valence-electron chi connectivity index (χ1n) is 9.82. The second kappa shape index (κ2) is 8.99. The summed E-state index contributed by atoms with van der Waals surface area (Å²) in [6.45, 7) is 5.06. The third-order valence-corrected chi connectivity index (χ3v) is 5.28. The van der Waals surface area contributed by atoms with E-state index < -0.39 is 0 Å². The molecule has 0 spiro atoms. The maximum Gasteiger partial charge on any atom is 0.261 e. The Bertz CT molecular complexity index is 859. The van der Waals surface area contributed by atoms with Crippen LogP contribution in [0.2, 0.25) is 0 Å². The molecule has 6 nitrogen and oxygen atoms in total. The van der Waals surface area contributed by atoms with Crippen molar-refractivity contribution in [1.82, 2.24) is 4.90 Å². The molecule has 0 aromatic heterocycles. The van der Waals surface area contributed by atoms with Crippen molar-refractivity contribution < 1.29 is 19.1 Å². The second-order valence-electron chi connectivity index (χ2n) is 7.47. The summed E-state index contributed by atoms with van der Waals surface area (Å²) in [7, 11) is 3.07. The van der Waals surface area contributed by atoms with Crippen LogP contribution in [0.5, 0.6) is 11.5 Å². The third kappa shape index (κ3) is 4.70. The van der Waals surface area contributed by atoms with Gasteiger partial charge >= 0.3 is 0 Å². The van der Waals surface area contributed by atoms with Gasteiger partial charge in [-0.15, -0.1) is 0 Å². The molecule has 0 radical (unpaired) electrons. The fourth-order valence-electron chi connectivity index (χ4n) is 3.86. The number of amides is 2. The van der Waals surface area contributed by atoms with E-state index >= 15 is 0 Å². The van der Waals surface area contributed by atoms with Gasteiger partial charge in [-0.2, -0.15) is 0 Å². The number of methoxy groups -OCH3 is 2. The summed E-state index contributed by atoms with van der Waals surface area (Å²) in [5.41, 5.74) is 3.48. The topological polar surface area (TPSA) is 67.9 Å². The van der Waals surface area contributed by atoms with Gasteiger partial charge in [0, 0.05) is 24.7 Å². The number of hydrogen-bond acceptors (Lipinski definition) is 4. The standard InChI is InChI=1S/C23H28N2O4/c1-15-12-16(2)14-18(13-15)24-22(26)17-8-10-25(11-9-17)23(27)21-19(28-3)6-5-7-20(21)29-4/h5-7,12-14,17H,8-11H2,1-4H3,(H,24,26). The highest BCUT2D eigenvalue weighted by molar-refractivity contribution is 6.00. The van der Waals surface area contributed by atoms with Crippen molar-refractivity contribution in [3.63, 3.8) is 0 Å². The summed E-state index contributed by atoms with van der Waals surface area (Å²) >= 11 is 0. The minimum Gasteiger partial charge on any atom is -0.496 e. The van der Waals surface area contributed by atoms with Crippen molar-refractivity contribution in [2.24, 2.45) is 5.92 Å². The minimum absolute atomic E-state index is 0.0111. The molecule has 29 heavy (non-hydrogen) atoms. The van der Waals surface area contributed by atoms with Crippen LogP contribution in [0.25, 0.3) is 0 Å².